The zero-order valence-electron chi connectivity index (χ0n) is 10.8. The molecule has 1 aromatic carbocycles. The van der Waals surface area contributed by atoms with Gasteiger partial charge in [0.15, 0.2) is 0 Å². The number of likely N-dealkylation sites (tertiary alicyclic amines) is 1. The molecule has 2 rings (SSSR count). The Balaban J connectivity index is 2.08. The van der Waals surface area contributed by atoms with Crippen molar-refractivity contribution in [2.45, 2.75) is 32.5 Å². The number of aliphatic hydroxyl groups excluding tert-OH is 1. The Morgan fingerprint density at radius 2 is 2.12 bits per heavy atom. The Hall–Kier alpha value is -1.06. The van der Waals surface area contributed by atoms with Crippen molar-refractivity contribution in [3.05, 3.63) is 29.3 Å². The first-order valence-electron chi connectivity index (χ1n) is 6.17. The van der Waals surface area contributed by atoms with Gasteiger partial charge in [-0.1, -0.05) is 12.1 Å². The molecule has 0 amide bonds. The van der Waals surface area contributed by atoms with Crippen LogP contribution in [0.25, 0.3) is 0 Å². The van der Waals surface area contributed by atoms with E-state index in [4.69, 9.17) is 4.74 Å². The maximum atomic E-state index is 9.99. The second-order valence-electron chi connectivity index (χ2n) is 4.97. The van der Waals surface area contributed by atoms with Crippen LogP contribution in [0, 0.1) is 13.8 Å². The first kappa shape index (κ1) is 12.4. The van der Waals surface area contributed by atoms with E-state index in [-0.39, 0.29) is 6.10 Å². The Morgan fingerprint density at radius 1 is 1.35 bits per heavy atom. The molecule has 2 atom stereocenters. The standard InChI is InChI=1S/C14H21NO2/c1-10-5-4-6-13(11(10)2)17-14-7-8-15(3)9-12(14)16/h4-6,12,14,16H,7-9H2,1-3H3/t12-,14-/m1/s1. The minimum Gasteiger partial charge on any atom is -0.487 e. The molecule has 1 heterocycles. The molecule has 1 saturated heterocycles. The molecule has 0 unspecified atom stereocenters. The lowest BCUT2D eigenvalue weighted by molar-refractivity contribution is -0.0184. The van der Waals surface area contributed by atoms with Crippen molar-refractivity contribution in [1.82, 2.24) is 4.90 Å². The molecule has 94 valence electrons. The topological polar surface area (TPSA) is 32.7 Å². The second kappa shape index (κ2) is 5.07. The molecule has 3 heteroatoms. The second-order valence-corrected chi connectivity index (χ2v) is 4.97. The molecule has 1 N–H and O–H groups in total. The Kier molecular flexibility index (Phi) is 3.69. The Morgan fingerprint density at radius 3 is 2.82 bits per heavy atom. The van der Waals surface area contributed by atoms with E-state index in [1.165, 1.54) is 11.1 Å². The molecule has 0 aromatic heterocycles. The zero-order valence-corrected chi connectivity index (χ0v) is 10.8. The molecular formula is C14H21NO2. The van der Waals surface area contributed by atoms with Crippen LogP contribution in [0.1, 0.15) is 17.5 Å². The number of likely N-dealkylation sites (N-methyl/N-ethyl adjacent to an activating group) is 1. The van der Waals surface area contributed by atoms with E-state index in [0.29, 0.717) is 6.54 Å². The molecule has 0 radical (unpaired) electrons. The highest BCUT2D eigenvalue weighted by Gasteiger charge is 2.27. The van der Waals surface area contributed by atoms with E-state index in [0.717, 1.165) is 18.7 Å². The van der Waals surface area contributed by atoms with Crippen LogP contribution >= 0.6 is 0 Å². The van der Waals surface area contributed by atoms with Crippen LogP contribution in [0.15, 0.2) is 18.2 Å². The SMILES string of the molecule is Cc1cccc(O[C@@H]2CCN(C)C[C@H]2O)c1C. The summed E-state index contributed by atoms with van der Waals surface area (Å²) in [7, 11) is 2.03. The number of rotatable bonds is 2. The van der Waals surface area contributed by atoms with Crippen molar-refractivity contribution in [2.24, 2.45) is 0 Å². The van der Waals surface area contributed by atoms with Crippen LogP contribution in [0.5, 0.6) is 5.75 Å². The molecule has 17 heavy (non-hydrogen) atoms. The number of benzene rings is 1. The van der Waals surface area contributed by atoms with Crippen molar-refractivity contribution >= 4 is 0 Å². The molecule has 0 saturated carbocycles. The third kappa shape index (κ3) is 2.79. The molecule has 1 aliphatic heterocycles. The minimum absolute atomic E-state index is 0.0771. The summed E-state index contributed by atoms with van der Waals surface area (Å²) in [4.78, 5) is 2.13. The quantitative estimate of drug-likeness (QED) is 0.847. The first-order chi connectivity index (χ1) is 8.08. The van der Waals surface area contributed by atoms with E-state index in [2.05, 4.69) is 24.8 Å². The van der Waals surface area contributed by atoms with Gasteiger partial charge in [0.1, 0.15) is 18.0 Å². The largest absolute Gasteiger partial charge is 0.487 e. The highest BCUT2D eigenvalue weighted by molar-refractivity contribution is 5.38. The summed E-state index contributed by atoms with van der Waals surface area (Å²) in [5.74, 6) is 0.901. The number of aliphatic hydroxyl groups is 1. The highest BCUT2D eigenvalue weighted by atomic mass is 16.5. The summed E-state index contributed by atoms with van der Waals surface area (Å²) in [5.41, 5.74) is 2.39. The van der Waals surface area contributed by atoms with Crippen LogP contribution in [-0.4, -0.2) is 42.4 Å². The maximum absolute atomic E-state index is 9.99. The average Bonchev–Trinajstić information content (AvgIpc) is 2.28. The van der Waals surface area contributed by atoms with Crippen molar-refractivity contribution in [2.75, 3.05) is 20.1 Å². The molecule has 0 spiro atoms. The maximum Gasteiger partial charge on any atom is 0.127 e. The molecule has 1 aromatic rings. The van der Waals surface area contributed by atoms with Gasteiger partial charge in [0.25, 0.3) is 0 Å². The number of hydrogen-bond acceptors (Lipinski definition) is 3. The van der Waals surface area contributed by atoms with Crippen LogP contribution in [0.3, 0.4) is 0 Å². The normalized spacial score (nSPS) is 25.9. The molecule has 1 fully saturated rings. The fraction of sp³-hybridized carbons (Fsp3) is 0.571. The Bertz CT molecular complexity index is 392. The van der Waals surface area contributed by atoms with Crippen LogP contribution in [0.2, 0.25) is 0 Å². The lowest BCUT2D eigenvalue weighted by Crippen LogP contribution is -2.47. The summed E-state index contributed by atoms with van der Waals surface area (Å²) in [6, 6.07) is 6.06. The summed E-state index contributed by atoms with van der Waals surface area (Å²) >= 11 is 0. The van der Waals surface area contributed by atoms with Crippen LogP contribution in [0.4, 0.5) is 0 Å². The van der Waals surface area contributed by atoms with Gasteiger partial charge in [0.2, 0.25) is 0 Å². The fourth-order valence-electron chi connectivity index (χ4n) is 2.22. The van der Waals surface area contributed by atoms with Crippen molar-refractivity contribution in [3.8, 4) is 5.75 Å². The van der Waals surface area contributed by atoms with E-state index in [9.17, 15) is 5.11 Å². The highest BCUT2D eigenvalue weighted by Crippen LogP contribution is 2.24. The van der Waals surface area contributed by atoms with E-state index in [1.807, 2.05) is 19.2 Å². The van der Waals surface area contributed by atoms with Gasteiger partial charge in [-0.15, -0.1) is 0 Å². The number of aryl methyl sites for hydroxylation is 1. The van der Waals surface area contributed by atoms with Gasteiger partial charge in [-0.05, 0) is 44.5 Å². The van der Waals surface area contributed by atoms with Gasteiger partial charge in [-0.3, -0.25) is 0 Å². The minimum atomic E-state index is -0.395. The molecule has 0 bridgehead atoms. The number of ether oxygens (including phenoxy) is 1. The van der Waals surface area contributed by atoms with Gasteiger partial charge >= 0.3 is 0 Å². The van der Waals surface area contributed by atoms with Gasteiger partial charge in [0, 0.05) is 13.1 Å². The van der Waals surface area contributed by atoms with Crippen molar-refractivity contribution < 1.29 is 9.84 Å². The third-order valence-electron chi connectivity index (χ3n) is 3.56. The molecule has 0 aliphatic carbocycles. The monoisotopic (exact) mass is 235 g/mol. The lowest BCUT2D eigenvalue weighted by atomic mass is 10.0. The summed E-state index contributed by atoms with van der Waals surface area (Å²) < 4.78 is 5.95. The molecule has 3 nitrogen and oxygen atoms in total. The van der Waals surface area contributed by atoms with Gasteiger partial charge in [-0.2, -0.15) is 0 Å². The number of hydrogen-bond donors (Lipinski definition) is 1. The smallest absolute Gasteiger partial charge is 0.127 e. The van der Waals surface area contributed by atoms with Gasteiger partial charge in [0.05, 0.1) is 0 Å². The average molecular weight is 235 g/mol. The van der Waals surface area contributed by atoms with Crippen molar-refractivity contribution in [3.63, 3.8) is 0 Å². The predicted octanol–water partition coefficient (Wildman–Crippen LogP) is 1.75. The summed E-state index contributed by atoms with van der Waals surface area (Å²) in [6.07, 6.45) is 0.408. The fourth-order valence-corrected chi connectivity index (χ4v) is 2.22. The molecule has 1 aliphatic rings. The Labute approximate surface area is 103 Å². The van der Waals surface area contributed by atoms with E-state index < -0.39 is 6.10 Å². The first-order valence-corrected chi connectivity index (χ1v) is 6.17. The van der Waals surface area contributed by atoms with Crippen LogP contribution < -0.4 is 4.74 Å². The summed E-state index contributed by atoms with van der Waals surface area (Å²) in [5, 5.41) is 9.99. The zero-order chi connectivity index (χ0) is 12.4. The van der Waals surface area contributed by atoms with Gasteiger partial charge in [-0.25, -0.2) is 0 Å². The van der Waals surface area contributed by atoms with Crippen molar-refractivity contribution in [1.29, 1.82) is 0 Å². The molecular weight excluding hydrogens is 214 g/mol. The summed E-state index contributed by atoms with van der Waals surface area (Å²) in [6.45, 7) is 5.81. The lowest BCUT2D eigenvalue weighted by Gasteiger charge is -2.34. The van der Waals surface area contributed by atoms with Crippen LogP contribution in [-0.2, 0) is 0 Å². The van der Waals surface area contributed by atoms with Gasteiger partial charge < -0.3 is 14.7 Å². The van der Waals surface area contributed by atoms with E-state index in [1.54, 1.807) is 0 Å². The van der Waals surface area contributed by atoms with E-state index >= 15 is 0 Å². The number of nitrogens with zero attached hydrogens (tertiary/aromatic N) is 1. The number of piperidine rings is 1. The third-order valence-corrected chi connectivity index (χ3v) is 3.56. The predicted molar refractivity (Wildman–Crippen MR) is 68.5 cm³/mol. The number of β-amino-alcohol motifs (C(OH)–C–C–N with tert-alkyl or cyclic N) is 1.